The standard InChI is InChI=1S/C28H23N3O4/c1-2-35-22-14-12-21(13-15-22)31-27(33)24(26(32)29-28(31)34)16-20-18-30(17-19-8-4-3-5-9-19)25-11-7-6-10-23(20)25/h3-16,18H,2,17H2,1H3,(H,29,32,34)/b24-16+. The predicted molar refractivity (Wildman–Crippen MR) is 134 cm³/mol. The molecule has 1 fully saturated rings. The van der Waals surface area contributed by atoms with Crippen LogP contribution >= 0.6 is 0 Å². The molecular weight excluding hydrogens is 442 g/mol. The van der Waals surface area contributed by atoms with Crippen LogP contribution in [0.3, 0.4) is 0 Å². The summed E-state index contributed by atoms with van der Waals surface area (Å²) in [5.41, 5.74) is 3.07. The van der Waals surface area contributed by atoms with Crippen LogP contribution in [0.15, 0.2) is 90.6 Å². The number of carbonyl (C=O) groups is 3. The van der Waals surface area contributed by atoms with E-state index in [1.165, 1.54) is 0 Å². The van der Waals surface area contributed by atoms with E-state index in [9.17, 15) is 14.4 Å². The van der Waals surface area contributed by atoms with Crippen molar-refractivity contribution < 1.29 is 19.1 Å². The smallest absolute Gasteiger partial charge is 0.335 e. The lowest BCUT2D eigenvalue weighted by atomic mass is 10.1. The number of rotatable bonds is 6. The van der Waals surface area contributed by atoms with Gasteiger partial charge in [0.15, 0.2) is 0 Å². The van der Waals surface area contributed by atoms with E-state index in [1.807, 2.05) is 67.7 Å². The first-order valence-corrected chi connectivity index (χ1v) is 11.3. The van der Waals surface area contributed by atoms with Crippen LogP contribution in [0.2, 0.25) is 0 Å². The van der Waals surface area contributed by atoms with Crippen LogP contribution in [-0.4, -0.2) is 29.0 Å². The average molecular weight is 466 g/mol. The summed E-state index contributed by atoms with van der Waals surface area (Å²) in [5.74, 6) is -0.774. The SMILES string of the molecule is CCOc1ccc(N2C(=O)NC(=O)/C(=C\c3cn(Cc4ccccc4)c4ccccc34)C2=O)cc1. The number of aromatic nitrogens is 1. The van der Waals surface area contributed by atoms with Crippen LogP contribution in [0, 0.1) is 0 Å². The Labute approximate surface area is 202 Å². The highest BCUT2D eigenvalue weighted by Gasteiger charge is 2.37. The maximum Gasteiger partial charge on any atom is 0.335 e. The number of benzene rings is 3. The van der Waals surface area contributed by atoms with E-state index in [1.54, 1.807) is 30.3 Å². The molecule has 2 heterocycles. The fourth-order valence-corrected chi connectivity index (χ4v) is 4.21. The quantitative estimate of drug-likeness (QED) is 0.329. The first kappa shape index (κ1) is 22.2. The zero-order valence-corrected chi connectivity index (χ0v) is 19.1. The molecule has 1 aromatic heterocycles. The topological polar surface area (TPSA) is 80.6 Å². The summed E-state index contributed by atoms with van der Waals surface area (Å²) in [7, 11) is 0. The number of urea groups is 1. The fraction of sp³-hybridized carbons (Fsp3) is 0.107. The van der Waals surface area contributed by atoms with Crippen LogP contribution in [-0.2, 0) is 16.1 Å². The first-order valence-electron chi connectivity index (χ1n) is 11.3. The summed E-state index contributed by atoms with van der Waals surface area (Å²) < 4.78 is 7.51. The van der Waals surface area contributed by atoms with Gasteiger partial charge in [0.05, 0.1) is 12.3 Å². The van der Waals surface area contributed by atoms with E-state index in [0.29, 0.717) is 24.6 Å². The number of amides is 4. The Balaban J connectivity index is 1.53. The molecule has 1 aliphatic heterocycles. The van der Waals surface area contributed by atoms with Gasteiger partial charge >= 0.3 is 6.03 Å². The normalized spacial score (nSPS) is 15.1. The Hall–Kier alpha value is -4.65. The second-order valence-corrected chi connectivity index (χ2v) is 8.10. The highest BCUT2D eigenvalue weighted by atomic mass is 16.5. The molecule has 1 N–H and O–H groups in total. The van der Waals surface area contributed by atoms with E-state index < -0.39 is 17.8 Å². The maximum atomic E-state index is 13.3. The molecule has 0 saturated carbocycles. The Morgan fingerprint density at radius 2 is 1.60 bits per heavy atom. The van der Waals surface area contributed by atoms with Gasteiger partial charge in [0.1, 0.15) is 11.3 Å². The third-order valence-electron chi connectivity index (χ3n) is 5.82. The van der Waals surface area contributed by atoms with E-state index >= 15 is 0 Å². The Kier molecular flexibility index (Phi) is 5.89. The van der Waals surface area contributed by atoms with Crippen molar-refractivity contribution >= 4 is 40.5 Å². The molecule has 1 aliphatic rings. The van der Waals surface area contributed by atoms with Crippen molar-refractivity contribution in [2.45, 2.75) is 13.5 Å². The van der Waals surface area contributed by atoms with E-state index in [4.69, 9.17) is 4.74 Å². The van der Waals surface area contributed by atoms with Crippen LogP contribution in [0.4, 0.5) is 10.5 Å². The van der Waals surface area contributed by atoms with Crippen LogP contribution < -0.4 is 15.0 Å². The summed E-state index contributed by atoms with van der Waals surface area (Å²) in [5, 5.41) is 3.19. The van der Waals surface area contributed by atoms with Gasteiger partial charge in [0.2, 0.25) is 0 Å². The zero-order valence-electron chi connectivity index (χ0n) is 19.1. The number of barbiturate groups is 1. The van der Waals surface area contributed by atoms with Crippen molar-refractivity contribution in [1.82, 2.24) is 9.88 Å². The summed E-state index contributed by atoms with van der Waals surface area (Å²) >= 11 is 0. The van der Waals surface area contributed by atoms with Gasteiger partial charge in [-0.25, -0.2) is 9.69 Å². The molecule has 174 valence electrons. The molecule has 0 spiro atoms. The first-order chi connectivity index (χ1) is 17.0. The van der Waals surface area contributed by atoms with E-state index in [2.05, 4.69) is 9.88 Å². The van der Waals surface area contributed by atoms with Crippen molar-refractivity contribution in [2.24, 2.45) is 0 Å². The summed E-state index contributed by atoms with van der Waals surface area (Å²) in [6.07, 6.45) is 3.47. The van der Waals surface area contributed by atoms with Gasteiger partial charge in [-0.15, -0.1) is 0 Å². The highest BCUT2D eigenvalue weighted by molar-refractivity contribution is 6.39. The summed E-state index contributed by atoms with van der Waals surface area (Å²) in [6, 6.07) is 23.6. The second kappa shape index (κ2) is 9.30. The number of anilines is 1. The van der Waals surface area contributed by atoms with E-state index in [0.717, 1.165) is 26.9 Å². The molecule has 7 heteroatoms. The predicted octanol–water partition coefficient (Wildman–Crippen LogP) is 4.75. The molecule has 7 nitrogen and oxygen atoms in total. The molecule has 3 aromatic carbocycles. The third-order valence-corrected chi connectivity index (χ3v) is 5.82. The number of fused-ring (bicyclic) bond motifs is 1. The molecular formula is C28H23N3O4. The minimum Gasteiger partial charge on any atom is -0.494 e. The number of para-hydroxylation sites is 1. The Morgan fingerprint density at radius 1 is 0.886 bits per heavy atom. The van der Waals surface area contributed by atoms with Crippen molar-refractivity contribution in [3.8, 4) is 5.75 Å². The van der Waals surface area contributed by atoms with Crippen molar-refractivity contribution in [1.29, 1.82) is 0 Å². The molecule has 4 amide bonds. The number of hydrogen-bond donors (Lipinski definition) is 1. The minimum absolute atomic E-state index is 0.110. The molecule has 35 heavy (non-hydrogen) atoms. The molecule has 1 saturated heterocycles. The van der Waals surface area contributed by atoms with Crippen LogP contribution in [0.5, 0.6) is 5.75 Å². The van der Waals surface area contributed by atoms with Gasteiger partial charge < -0.3 is 9.30 Å². The molecule has 5 rings (SSSR count). The molecule has 0 radical (unpaired) electrons. The maximum absolute atomic E-state index is 13.3. The van der Waals surface area contributed by atoms with E-state index in [-0.39, 0.29) is 5.57 Å². The third kappa shape index (κ3) is 4.31. The number of hydrogen-bond acceptors (Lipinski definition) is 4. The number of carbonyl (C=O) groups excluding carboxylic acids is 3. The second-order valence-electron chi connectivity index (χ2n) is 8.10. The summed E-state index contributed by atoms with van der Waals surface area (Å²) in [4.78, 5) is 39.5. The van der Waals surface area contributed by atoms with Gasteiger partial charge in [-0.3, -0.25) is 14.9 Å². The molecule has 0 atom stereocenters. The van der Waals surface area contributed by atoms with Crippen molar-refractivity contribution in [3.05, 3.63) is 102 Å². The van der Waals surface area contributed by atoms with Gasteiger partial charge in [0, 0.05) is 29.2 Å². The molecule has 0 unspecified atom stereocenters. The number of ether oxygens (including phenoxy) is 1. The number of nitrogens with one attached hydrogen (secondary N) is 1. The highest BCUT2D eigenvalue weighted by Crippen LogP contribution is 2.28. The largest absolute Gasteiger partial charge is 0.494 e. The van der Waals surface area contributed by atoms with Crippen LogP contribution in [0.1, 0.15) is 18.1 Å². The lowest BCUT2D eigenvalue weighted by molar-refractivity contribution is -0.122. The average Bonchev–Trinajstić information content (AvgIpc) is 3.20. The Morgan fingerprint density at radius 3 is 2.34 bits per heavy atom. The molecule has 0 bridgehead atoms. The van der Waals surface area contributed by atoms with Gasteiger partial charge in [0.25, 0.3) is 11.8 Å². The Bertz CT molecular complexity index is 1450. The minimum atomic E-state index is -0.784. The fourth-order valence-electron chi connectivity index (χ4n) is 4.21. The number of nitrogens with zero attached hydrogens (tertiary/aromatic N) is 2. The van der Waals surface area contributed by atoms with Gasteiger partial charge in [-0.05, 0) is 48.9 Å². The van der Waals surface area contributed by atoms with Crippen LogP contribution in [0.25, 0.3) is 17.0 Å². The summed E-state index contributed by atoms with van der Waals surface area (Å²) in [6.45, 7) is 3.01. The van der Waals surface area contributed by atoms with Crippen molar-refractivity contribution in [2.75, 3.05) is 11.5 Å². The van der Waals surface area contributed by atoms with Crippen molar-refractivity contribution in [3.63, 3.8) is 0 Å². The van der Waals surface area contributed by atoms with Gasteiger partial charge in [-0.2, -0.15) is 0 Å². The number of imide groups is 2. The lowest BCUT2D eigenvalue weighted by Crippen LogP contribution is -2.54. The monoisotopic (exact) mass is 465 g/mol. The molecule has 0 aliphatic carbocycles. The molecule has 4 aromatic rings. The lowest BCUT2D eigenvalue weighted by Gasteiger charge is -2.26. The van der Waals surface area contributed by atoms with Gasteiger partial charge in [-0.1, -0.05) is 48.5 Å². The zero-order chi connectivity index (χ0) is 24.4.